The first-order chi connectivity index (χ1) is 9.67. The highest BCUT2D eigenvalue weighted by Crippen LogP contribution is 2.27. The molecule has 1 aromatic carbocycles. The first-order valence-corrected chi connectivity index (χ1v) is 7.31. The average Bonchev–Trinajstić information content (AvgIpc) is 2.78. The van der Waals surface area contributed by atoms with Crippen LogP contribution in [0.15, 0.2) is 30.3 Å². The van der Waals surface area contributed by atoms with Crippen LogP contribution in [0.25, 0.3) is 0 Å². The lowest BCUT2D eigenvalue weighted by atomic mass is 10.1. The Balaban J connectivity index is 2.20. The molecule has 1 aliphatic rings. The minimum atomic E-state index is -0.0748. The molecule has 1 aromatic rings. The Kier molecular flexibility index (Phi) is 5.15. The third-order valence-electron chi connectivity index (χ3n) is 3.80. The van der Waals surface area contributed by atoms with Crippen molar-refractivity contribution in [2.75, 3.05) is 13.7 Å². The minimum absolute atomic E-state index is 0.0346. The van der Waals surface area contributed by atoms with Crippen LogP contribution in [0.4, 0.5) is 0 Å². The quantitative estimate of drug-likeness (QED) is 0.867. The largest absolute Gasteiger partial charge is 0.380 e. The topological polar surface area (TPSA) is 41.6 Å². The molecule has 0 aromatic heterocycles. The number of hydrogen-bond acceptors (Lipinski definition) is 3. The van der Waals surface area contributed by atoms with Crippen molar-refractivity contribution in [3.8, 4) is 0 Å². The van der Waals surface area contributed by atoms with E-state index < -0.39 is 0 Å². The van der Waals surface area contributed by atoms with Crippen LogP contribution >= 0.6 is 0 Å². The molecular weight excluding hydrogens is 252 g/mol. The normalized spacial score (nSPS) is 24.1. The van der Waals surface area contributed by atoms with Gasteiger partial charge in [-0.3, -0.25) is 10.1 Å². The standard InChI is InChI=1S/C16H24N2O2/c1-4-8-14-16(19)18(11-12(2)20-3)15(17-14)13-9-6-5-7-10-13/h5-7,9-10,12,14-15,17H,4,8,11H2,1-3H3. The van der Waals surface area contributed by atoms with E-state index in [4.69, 9.17) is 4.74 Å². The molecule has 3 atom stereocenters. The van der Waals surface area contributed by atoms with Crippen LogP contribution in [0.2, 0.25) is 0 Å². The molecule has 1 fully saturated rings. The van der Waals surface area contributed by atoms with Crippen LogP contribution < -0.4 is 5.32 Å². The summed E-state index contributed by atoms with van der Waals surface area (Å²) in [7, 11) is 1.68. The highest BCUT2D eigenvalue weighted by Gasteiger charge is 2.39. The van der Waals surface area contributed by atoms with Gasteiger partial charge in [0.1, 0.15) is 6.17 Å². The van der Waals surface area contributed by atoms with Gasteiger partial charge in [-0.05, 0) is 18.9 Å². The second-order valence-electron chi connectivity index (χ2n) is 5.36. The monoisotopic (exact) mass is 276 g/mol. The lowest BCUT2D eigenvalue weighted by molar-refractivity contribution is -0.131. The molecule has 1 heterocycles. The fraction of sp³-hybridized carbons (Fsp3) is 0.562. The summed E-state index contributed by atoms with van der Waals surface area (Å²) in [5.74, 6) is 0.185. The number of nitrogens with zero attached hydrogens (tertiary/aromatic N) is 1. The number of rotatable bonds is 6. The summed E-state index contributed by atoms with van der Waals surface area (Å²) < 4.78 is 5.32. The second kappa shape index (κ2) is 6.86. The van der Waals surface area contributed by atoms with E-state index in [-0.39, 0.29) is 24.2 Å². The van der Waals surface area contributed by atoms with Gasteiger partial charge in [-0.1, -0.05) is 43.7 Å². The molecule has 1 aliphatic heterocycles. The van der Waals surface area contributed by atoms with E-state index in [0.717, 1.165) is 18.4 Å². The van der Waals surface area contributed by atoms with Crippen molar-refractivity contribution < 1.29 is 9.53 Å². The van der Waals surface area contributed by atoms with Gasteiger partial charge in [0.05, 0.1) is 12.1 Å². The van der Waals surface area contributed by atoms with Gasteiger partial charge < -0.3 is 9.64 Å². The molecular formula is C16H24N2O2. The molecule has 4 nitrogen and oxygen atoms in total. The molecule has 4 heteroatoms. The van der Waals surface area contributed by atoms with Crippen molar-refractivity contribution in [2.24, 2.45) is 0 Å². The Bertz CT molecular complexity index is 435. The molecule has 3 unspecified atom stereocenters. The van der Waals surface area contributed by atoms with Gasteiger partial charge in [0.25, 0.3) is 0 Å². The molecule has 0 saturated carbocycles. The van der Waals surface area contributed by atoms with Crippen molar-refractivity contribution >= 4 is 5.91 Å². The Labute approximate surface area is 121 Å². The van der Waals surface area contributed by atoms with Crippen LogP contribution in [0.1, 0.15) is 38.4 Å². The molecule has 0 spiro atoms. The maximum Gasteiger partial charge on any atom is 0.241 e. The summed E-state index contributed by atoms with van der Waals surface area (Å²) >= 11 is 0. The van der Waals surface area contributed by atoms with E-state index in [1.807, 2.05) is 30.0 Å². The smallest absolute Gasteiger partial charge is 0.241 e. The van der Waals surface area contributed by atoms with Crippen molar-refractivity contribution in [2.45, 2.75) is 45.0 Å². The summed E-state index contributed by atoms with van der Waals surface area (Å²) in [6.07, 6.45) is 1.86. The average molecular weight is 276 g/mol. The zero-order chi connectivity index (χ0) is 14.5. The van der Waals surface area contributed by atoms with Gasteiger partial charge >= 0.3 is 0 Å². The maximum atomic E-state index is 12.5. The van der Waals surface area contributed by atoms with Crippen LogP contribution in [-0.2, 0) is 9.53 Å². The Morgan fingerprint density at radius 3 is 2.65 bits per heavy atom. The number of carbonyl (C=O) groups is 1. The Morgan fingerprint density at radius 1 is 1.35 bits per heavy atom. The number of carbonyl (C=O) groups excluding carboxylic acids is 1. The number of amides is 1. The van der Waals surface area contributed by atoms with Crippen LogP contribution in [-0.4, -0.2) is 36.6 Å². The van der Waals surface area contributed by atoms with E-state index in [9.17, 15) is 4.79 Å². The maximum absolute atomic E-state index is 12.5. The zero-order valence-corrected chi connectivity index (χ0v) is 12.5. The van der Waals surface area contributed by atoms with E-state index >= 15 is 0 Å². The fourth-order valence-corrected chi connectivity index (χ4v) is 2.63. The summed E-state index contributed by atoms with van der Waals surface area (Å²) in [4.78, 5) is 14.4. The van der Waals surface area contributed by atoms with Crippen LogP contribution in [0.5, 0.6) is 0 Å². The Morgan fingerprint density at radius 2 is 2.05 bits per heavy atom. The molecule has 20 heavy (non-hydrogen) atoms. The lowest BCUT2D eigenvalue weighted by Crippen LogP contribution is -2.37. The van der Waals surface area contributed by atoms with Gasteiger partial charge in [-0.15, -0.1) is 0 Å². The van der Waals surface area contributed by atoms with E-state index in [0.29, 0.717) is 6.54 Å². The second-order valence-corrected chi connectivity index (χ2v) is 5.36. The Hall–Kier alpha value is -1.39. The number of ether oxygens (including phenoxy) is 1. The van der Waals surface area contributed by atoms with E-state index in [2.05, 4.69) is 24.4 Å². The molecule has 1 saturated heterocycles. The minimum Gasteiger partial charge on any atom is -0.380 e. The third kappa shape index (κ3) is 3.19. The van der Waals surface area contributed by atoms with Gasteiger partial charge in [-0.2, -0.15) is 0 Å². The predicted octanol–water partition coefficient (Wildman–Crippen LogP) is 2.32. The first kappa shape index (κ1) is 15.0. The lowest BCUT2D eigenvalue weighted by Gasteiger charge is -2.26. The zero-order valence-electron chi connectivity index (χ0n) is 12.5. The number of benzene rings is 1. The molecule has 1 N–H and O–H groups in total. The molecule has 0 aliphatic carbocycles. The van der Waals surface area contributed by atoms with Gasteiger partial charge in [0.2, 0.25) is 5.91 Å². The van der Waals surface area contributed by atoms with Gasteiger partial charge in [-0.25, -0.2) is 0 Å². The third-order valence-corrected chi connectivity index (χ3v) is 3.80. The number of methoxy groups -OCH3 is 1. The SMILES string of the molecule is CCCC1NC(c2ccccc2)N(CC(C)OC)C1=O. The van der Waals surface area contributed by atoms with E-state index in [1.54, 1.807) is 7.11 Å². The van der Waals surface area contributed by atoms with Crippen molar-refractivity contribution in [3.05, 3.63) is 35.9 Å². The summed E-state index contributed by atoms with van der Waals surface area (Å²) in [6, 6.07) is 10.0. The summed E-state index contributed by atoms with van der Waals surface area (Å²) in [6.45, 7) is 4.71. The van der Waals surface area contributed by atoms with Gasteiger partial charge in [0.15, 0.2) is 0 Å². The van der Waals surface area contributed by atoms with Gasteiger partial charge in [0, 0.05) is 13.7 Å². The molecule has 110 valence electrons. The van der Waals surface area contributed by atoms with Crippen molar-refractivity contribution in [1.29, 1.82) is 0 Å². The highest BCUT2D eigenvalue weighted by molar-refractivity contribution is 5.84. The van der Waals surface area contributed by atoms with Crippen LogP contribution in [0, 0.1) is 0 Å². The molecule has 2 rings (SSSR count). The van der Waals surface area contributed by atoms with Crippen molar-refractivity contribution in [1.82, 2.24) is 10.2 Å². The van der Waals surface area contributed by atoms with Crippen molar-refractivity contribution in [3.63, 3.8) is 0 Å². The predicted molar refractivity (Wildman–Crippen MR) is 79.2 cm³/mol. The fourth-order valence-electron chi connectivity index (χ4n) is 2.63. The molecule has 1 amide bonds. The summed E-state index contributed by atoms with van der Waals surface area (Å²) in [5.41, 5.74) is 1.13. The highest BCUT2D eigenvalue weighted by atomic mass is 16.5. The molecule has 0 bridgehead atoms. The number of hydrogen-bond donors (Lipinski definition) is 1. The summed E-state index contributed by atoms with van der Waals surface area (Å²) in [5, 5.41) is 3.46. The van der Waals surface area contributed by atoms with Crippen LogP contribution in [0.3, 0.4) is 0 Å². The molecule has 0 radical (unpaired) electrons. The van der Waals surface area contributed by atoms with E-state index in [1.165, 1.54) is 0 Å². The number of nitrogens with one attached hydrogen (secondary N) is 1. The first-order valence-electron chi connectivity index (χ1n) is 7.31.